The van der Waals surface area contributed by atoms with Gasteiger partial charge in [-0.25, -0.2) is 0 Å². The number of Topliss-reactive ketones (excluding diaryl/α,β-unsaturated/α-hetero) is 1. The molecule has 1 aromatic heterocycles. The van der Waals surface area contributed by atoms with Crippen molar-refractivity contribution in [3.05, 3.63) is 20.9 Å². The summed E-state index contributed by atoms with van der Waals surface area (Å²) in [6.07, 6.45) is 0. The highest BCUT2D eigenvalue weighted by molar-refractivity contribution is 7.14. The quantitative estimate of drug-likeness (QED) is 0.621. The lowest BCUT2D eigenvalue weighted by Crippen LogP contribution is -1.90. The lowest BCUT2D eigenvalue weighted by Gasteiger charge is -1.90. The summed E-state index contributed by atoms with van der Waals surface area (Å²) in [5.41, 5.74) is 1.48. The first-order chi connectivity index (χ1) is 5.57. The van der Waals surface area contributed by atoms with Crippen LogP contribution in [-0.2, 0) is 0 Å². The summed E-state index contributed by atoms with van der Waals surface area (Å²) < 4.78 is 0. The molecule has 0 aliphatic heterocycles. The number of nitrogens with zero attached hydrogens (tertiary/aromatic N) is 1. The number of ketones is 1. The van der Waals surface area contributed by atoms with Gasteiger partial charge >= 0.3 is 0 Å². The van der Waals surface area contributed by atoms with Crippen LogP contribution in [0.3, 0.4) is 0 Å². The zero-order chi connectivity index (χ0) is 9.30. The van der Waals surface area contributed by atoms with Crippen molar-refractivity contribution in [2.75, 3.05) is 0 Å². The molecule has 0 saturated heterocycles. The average molecular weight is 179 g/mol. The van der Waals surface area contributed by atoms with E-state index in [-0.39, 0.29) is 5.78 Å². The number of rotatable bonds is 1. The number of carbonyl (C=O) groups excluding carboxylic acids is 1. The van der Waals surface area contributed by atoms with Gasteiger partial charge in [-0.05, 0) is 26.3 Å². The van der Waals surface area contributed by atoms with Crippen LogP contribution in [0.4, 0.5) is 0 Å². The maximum absolute atomic E-state index is 11.0. The van der Waals surface area contributed by atoms with Crippen molar-refractivity contribution in [1.82, 2.24) is 0 Å². The minimum Gasteiger partial charge on any atom is -0.294 e. The monoisotopic (exact) mass is 179 g/mol. The van der Waals surface area contributed by atoms with Crippen LogP contribution in [0.25, 0.3) is 0 Å². The smallest absolute Gasteiger partial charge is 0.170 e. The van der Waals surface area contributed by atoms with Gasteiger partial charge in [0.25, 0.3) is 0 Å². The topological polar surface area (TPSA) is 40.9 Å². The summed E-state index contributed by atoms with van der Waals surface area (Å²) in [4.78, 5) is 12.7. The first kappa shape index (κ1) is 8.95. The number of hydrogen-bond acceptors (Lipinski definition) is 3. The molecule has 0 aliphatic rings. The number of carbonyl (C=O) groups is 1. The average Bonchev–Trinajstić information content (AvgIpc) is 2.27. The Hall–Kier alpha value is -1.14. The summed E-state index contributed by atoms with van der Waals surface area (Å²) in [5.74, 6) is 0.0436. The Morgan fingerprint density at radius 1 is 1.50 bits per heavy atom. The Bertz CT molecular complexity index is 371. The van der Waals surface area contributed by atoms with Crippen molar-refractivity contribution < 1.29 is 4.79 Å². The van der Waals surface area contributed by atoms with E-state index in [0.29, 0.717) is 10.4 Å². The lowest BCUT2D eigenvalue weighted by molar-refractivity contribution is 0.102. The molecule has 0 N–H and O–H groups in total. The fraction of sp³-hybridized carbons (Fsp3) is 0.333. The Morgan fingerprint density at radius 2 is 2.08 bits per heavy atom. The molecule has 1 heterocycles. The normalized spacial score (nSPS) is 9.50. The van der Waals surface area contributed by atoms with E-state index in [1.807, 2.05) is 13.8 Å². The predicted molar refractivity (Wildman–Crippen MR) is 48.5 cm³/mol. The zero-order valence-electron chi connectivity index (χ0n) is 7.26. The van der Waals surface area contributed by atoms with E-state index in [1.165, 1.54) is 18.3 Å². The Labute approximate surface area is 75.5 Å². The van der Waals surface area contributed by atoms with Crippen molar-refractivity contribution in [2.24, 2.45) is 0 Å². The third kappa shape index (κ3) is 1.26. The first-order valence-electron chi connectivity index (χ1n) is 3.59. The number of hydrogen-bond donors (Lipinski definition) is 0. The maximum Gasteiger partial charge on any atom is 0.170 e. The Morgan fingerprint density at radius 3 is 2.33 bits per heavy atom. The van der Waals surface area contributed by atoms with E-state index in [2.05, 4.69) is 6.07 Å². The number of nitriles is 1. The Kier molecular flexibility index (Phi) is 2.30. The van der Waals surface area contributed by atoms with Gasteiger partial charge in [-0.2, -0.15) is 5.26 Å². The molecule has 0 radical (unpaired) electrons. The second kappa shape index (κ2) is 3.08. The third-order valence-electron chi connectivity index (χ3n) is 1.75. The fourth-order valence-corrected chi connectivity index (χ4v) is 2.16. The van der Waals surface area contributed by atoms with E-state index in [4.69, 9.17) is 5.26 Å². The third-order valence-corrected chi connectivity index (χ3v) is 3.06. The van der Waals surface area contributed by atoms with Gasteiger partial charge in [0, 0.05) is 4.88 Å². The van der Waals surface area contributed by atoms with Gasteiger partial charge in [0.05, 0.1) is 10.4 Å². The standard InChI is InChI=1S/C9H9NOS/c1-5-8(4-10)7(3)12-9(5)6(2)11/h1-3H3. The van der Waals surface area contributed by atoms with Gasteiger partial charge in [-0.15, -0.1) is 11.3 Å². The molecule has 0 spiro atoms. The van der Waals surface area contributed by atoms with Crippen LogP contribution >= 0.6 is 11.3 Å². The van der Waals surface area contributed by atoms with Crippen molar-refractivity contribution in [2.45, 2.75) is 20.8 Å². The van der Waals surface area contributed by atoms with E-state index in [9.17, 15) is 4.79 Å². The molecule has 12 heavy (non-hydrogen) atoms. The van der Waals surface area contributed by atoms with Crippen LogP contribution < -0.4 is 0 Å². The maximum atomic E-state index is 11.0. The molecule has 0 bridgehead atoms. The highest BCUT2D eigenvalue weighted by Crippen LogP contribution is 2.26. The summed E-state index contributed by atoms with van der Waals surface area (Å²) in [6, 6.07) is 2.10. The van der Waals surface area contributed by atoms with Gasteiger partial charge < -0.3 is 0 Å². The molecule has 0 unspecified atom stereocenters. The first-order valence-corrected chi connectivity index (χ1v) is 4.40. The Balaban J connectivity index is 3.39. The second-order valence-corrected chi connectivity index (χ2v) is 3.88. The molecule has 62 valence electrons. The van der Waals surface area contributed by atoms with Gasteiger partial charge in [0.1, 0.15) is 6.07 Å². The van der Waals surface area contributed by atoms with E-state index in [0.717, 1.165) is 10.4 Å². The second-order valence-electron chi connectivity index (χ2n) is 2.66. The van der Waals surface area contributed by atoms with Crippen LogP contribution in [0.2, 0.25) is 0 Å². The summed E-state index contributed by atoms with van der Waals surface area (Å²) in [6.45, 7) is 5.21. The molecule has 3 heteroatoms. The molecule has 2 nitrogen and oxygen atoms in total. The zero-order valence-corrected chi connectivity index (χ0v) is 8.08. The SMILES string of the molecule is CC(=O)c1sc(C)c(C#N)c1C. The minimum absolute atomic E-state index is 0.0436. The van der Waals surface area contributed by atoms with Crippen LogP contribution in [-0.4, -0.2) is 5.78 Å². The largest absolute Gasteiger partial charge is 0.294 e. The highest BCUT2D eigenvalue weighted by atomic mass is 32.1. The van der Waals surface area contributed by atoms with Gasteiger partial charge in [-0.1, -0.05) is 0 Å². The van der Waals surface area contributed by atoms with E-state index >= 15 is 0 Å². The van der Waals surface area contributed by atoms with Gasteiger partial charge in [0.15, 0.2) is 5.78 Å². The van der Waals surface area contributed by atoms with E-state index in [1.54, 1.807) is 0 Å². The van der Waals surface area contributed by atoms with Crippen LogP contribution in [0.5, 0.6) is 0 Å². The molecule has 0 aromatic carbocycles. The summed E-state index contributed by atoms with van der Waals surface area (Å²) in [5, 5.41) is 8.74. The number of thiophene rings is 1. The van der Waals surface area contributed by atoms with Crippen molar-refractivity contribution in [3.8, 4) is 6.07 Å². The van der Waals surface area contributed by atoms with Crippen molar-refractivity contribution in [3.63, 3.8) is 0 Å². The predicted octanol–water partition coefficient (Wildman–Crippen LogP) is 2.44. The molecule has 1 aromatic rings. The van der Waals surface area contributed by atoms with Crippen LogP contribution in [0.15, 0.2) is 0 Å². The van der Waals surface area contributed by atoms with Crippen molar-refractivity contribution in [1.29, 1.82) is 5.26 Å². The van der Waals surface area contributed by atoms with Gasteiger partial charge in [-0.3, -0.25) is 4.79 Å². The fourth-order valence-electron chi connectivity index (χ4n) is 1.16. The molecule has 0 saturated carbocycles. The minimum atomic E-state index is 0.0436. The molecule has 0 aliphatic carbocycles. The molecule has 0 atom stereocenters. The molecule has 0 fully saturated rings. The van der Waals surface area contributed by atoms with E-state index < -0.39 is 0 Å². The lowest BCUT2D eigenvalue weighted by atomic mass is 10.1. The summed E-state index contributed by atoms with van der Waals surface area (Å²) >= 11 is 1.40. The summed E-state index contributed by atoms with van der Waals surface area (Å²) in [7, 11) is 0. The highest BCUT2D eigenvalue weighted by Gasteiger charge is 2.13. The molecular formula is C9H9NOS. The van der Waals surface area contributed by atoms with Crippen LogP contribution in [0, 0.1) is 25.2 Å². The van der Waals surface area contributed by atoms with Crippen LogP contribution in [0.1, 0.15) is 32.6 Å². The van der Waals surface area contributed by atoms with Gasteiger partial charge in [0.2, 0.25) is 0 Å². The number of aryl methyl sites for hydroxylation is 1. The molecule has 1 rings (SSSR count). The molecular weight excluding hydrogens is 170 g/mol. The van der Waals surface area contributed by atoms with Crippen molar-refractivity contribution >= 4 is 17.1 Å². The molecule has 0 amide bonds.